The van der Waals surface area contributed by atoms with Crippen molar-refractivity contribution in [3.8, 4) is 0 Å². The minimum Gasteiger partial charge on any atom is -0.481 e. The molecule has 78 valence electrons. The van der Waals surface area contributed by atoms with E-state index < -0.39 is 5.97 Å². The number of rotatable bonds is 5. The lowest BCUT2D eigenvalue weighted by Crippen LogP contribution is -2.23. The van der Waals surface area contributed by atoms with Gasteiger partial charge in [0.25, 0.3) is 5.95 Å². The molecule has 1 N–H and O–H groups in total. The molecule has 1 heterocycles. The molecule has 6 nitrogen and oxygen atoms in total. The Kier molecular flexibility index (Phi) is 3.44. The molecule has 6 heteroatoms. The van der Waals surface area contributed by atoms with E-state index in [4.69, 9.17) is 9.63 Å². The molecular weight excluding hydrogens is 186 g/mol. The standard InChI is InChI=1S/C8H13N3O3/c1-3-11(4-2)8-9-6(14-10-8)5-7(12)13/h3-5H2,1-2H3,(H,12,13). The van der Waals surface area contributed by atoms with E-state index in [0.29, 0.717) is 5.95 Å². The van der Waals surface area contributed by atoms with Gasteiger partial charge in [0.1, 0.15) is 6.42 Å². The molecule has 0 atom stereocenters. The number of carboxylic acids is 1. The van der Waals surface area contributed by atoms with Crippen molar-refractivity contribution in [1.82, 2.24) is 10.1 Å². The normalized spacial score (nSPS) is 10.1. The first-order valence-electron chi connectivity index (χ1n) is 4.46. The van der Waals surface area contributed by atoms with E-state index in [-0.39, 0.29) is 12.3 Å². The molecular formula is C8H13N3O3. The van der Waals surface area contributed by atoms with Crippen LogP contribution in [0, 0.1) is 0 Å². The summed E-state index contributed by atoms with van der Waals surface area (Å²) in [4.78, 5) is 16.2. The minimum atomic E-state index is -0.972. The lowest BCUT2D eigenvalue weighted by molar-refractivity contribution is -0.136. The number of aliphatic carboxylic acids is 1. The predicted molar refractivity (Wildman–Crippen MR) is 49.2 cm³/mol. The van der Waals surface area contributed by atoms with Crippen molar-refractivity contribution >= 4 is 11.9 Å². The maximum atomic E-state index is 10.3. The van der Waals surface area contributed by atoms with E-state index in [9.17, 15) is 4.79 Å². The molecule has 0 aromatic carbocycles. The number of hydrogen-bond donors (Lipinski definition) is 1. The fraction of sp³-hybridized carbons (Fsp3) is 0.625. The number of carbonyl (C=O) groups is 1. The molecule has 0 bridgehead atoms. The summed E-state index contributed by atoms with van der Waals surface area (Å²) in [7, 11) is 0. The molecule has 14 heavy (non-hydrogen) atoms. The summed E-state index contributed by atoms with van der Waals surface area (Å²) in [5, 5.41) is 12.2. The van der Waals surface area contributed by atoms with Gasteiger partial charge in [0.05, 0.1) is 0 Å². The molecule has 0 amide bonds. The molecule has 0 aliphatic carbocycles. The van der Waals surface area contributed by atoms with Gasteiger partial charge in [-0.1, -0.05) is 0 Å². The Morgan fingerprint density at radius 2 is 2.14 bits per heavy atom. The van der Waals surface area contributed by atoms with Crippen molar-refractivity contribution in [1.29, 1.82) is 0 Å². The quantitative estimate of drug-likeness (QED) is 0.745. The van der Waals surface area contributed by atoms with Crippen LogP contribution in [0.25, 0.3) is 0 Å². The third-order valence-electron chi connectivity index (χ3n) is 1.81. The Bertz CT molecular complexity index is 307. The van der Waals surface area contributed by atoms with Crippen molar-refractivity contribution in [2.75, 3.05) is 18.0 Å². The Labute approximate surface area is 81.5 Å². The Morgan fingerprint density at radius 1 is 1.50 bits per heavy atom. The second-order valence-electron chi connectivity index (χ2n) is 2.73. The molecule has 0 fully saturated rings. The second-order valence-corrected chi connectivity index (χ2v) is 2.73. The summed E-state index contributed by atoms with van der Waals surface area (Å²) < 4.78 is 4.78. The molecule has 0 aliphatic rings. The molecule has 1 aromatic rings. The van der Waals surface area contributed by atoms with Gasteiger partial charge < -0.3 is 14.5 Å². The lowest BCUT2D eigenvalue weighted by Gasteiger charge is -2.14. The summed E-state index contributed by atoms with van der Waals surface area (Å²) in [5.74, 6) is -0.384. The predicted octanol–water partition coefficient (Wildman–Crippen LogP) is 0.543. The summed E-state index contributed by atoms with van der Waals surface area (Å²) >= 11 is 0. The highest BCUT2D eigenvalue weighted by molar-refractivity contribution is 5.68. The molecule has 0 aliphatic heterocycles. The van der Waals surface area contributed by atoms with Gasteiger partial charge >= 0.3 is 5.97 Å². The van der Waals surface area contributed by atoms with E-state index in [1.54, 1.807) is 0 Å². The molecule has 0 saturated carbocycles. The maximum Gasteiger partial charge on any atom is 0.312 e. The number of nitrogens with zero attached hydrogens (tertiary/aromatic N) is 3. The molecule has 1 rings (SSSR count). The smallest absolute Gasteiger partial charge is 0.312 e. The average Bonchev–Trinajstić information content (AvgIpc) is 2.54. The van der Waals surface area contributed by atoms with Crippen LogP contribution in [0.2, 0.25) is 0 Å². The van der Waals surface area contributed by atoms with Crippen LogP contribution in [-0.4, -0.2) is 34.3 Å². The first kappa shape index (κ1) is 10.5. The largest absolute Gasteiger partial charge is 0.481 e. The van der Waals surface area contributed by atoms with E-state index in [1.807, 2.05) is 18.7 Å². The van der Waals surface area contributed by atoms with Gasteiger partial charge in [0.15, 0.2) is 0 Å². The summed E-state index contributed by atoms with van der Waals surface area (Å²) in [6, 6.07) is 0. The van der Waals surface area contributed by atoms with Crippen molar-refractivity contribution < 1.29 is 14.4 Å². The zero-order chi connectivity index (χ0) is 10.6. The van der Waals surface area contributed by atoms with Crippen molar-refractivity contribution in [2.45, 2.75) is 20.3 Å². The second kappa shape index (κ2) is 4.59. The highest BCUT2D eigenvalue weighted by Crippen LogP contribution is 2.08. The zero-order valence-corrected chi connectivity index (χ0v) is 8.23. The summed E-state index contributed by atoms with van der Waals surface area (Å²) in [6.45, 7) is 5.47. The highest BCUT2D eigenvalue weighted by atomic mass is 16.5. The van der Waals surface area contributed by atoms with Crippen LogP contribution in [0.4, 0.5) is 5.95 Å². The highest BCUT2D eigenvalue weighted by Gasteiger charge is 2.13. The molecule has 1 aromatic heterocycles. The first-order valence-corrected chi connectivity index (χ1v) is 4.46. The fourth-order valence-corrected chi connectivity index (χ4v) is 1.08. The van der Waals surface area contributed by atoms with Crippen LogP contribution < -0.4 is 4.90 Å². The van der Waals surface area contributed by atoms with E-state index in [0.717, 1.165) is 13.1 Å². The molecule has 0 spiro atoms. The van der Waals surface area contributed by atoms with E-state index in [2.05, 4.69) is 10.1 Å². The topological polar surface area (TPSA) is 79.5 Å². The van der Waals surface area contributed by atoms with Gasteiger partial charge in [0, 0.05) is 13.1 Å². The van der Waals surface area contributed by atoms with E-state index >= 15 is 0 Å². The maximum absolute atomic E-state index is 10.3. The summed E-state index contributed by atoms with van der Waals surface area (Å²) in [6.07, 6.45) is -0.228. The summed E-state index contributed by atoms with van der Waals surface area (Å²) in [5.41, 5.74) is 0. The van der Waals surface area contributed by atoms with Crippen molar-refractivity contribution in [3.63, 3.8) is 0 Å². The number of aromatic nitrogens is 2. The van der Waals surface area contributed by atoms with Crippen LogP contribution in [0.3, 0.4) is 0 Å². The van der Waals surface area contributed by atoms with Crippen molar-refractivity contribution in [2.24, 2.45) is 0 Å². The van der Waals surface area contributed by atoms with Crippen LogP contribution in [-0.2, 0) is 11.2 Å². The average molecular weight is 199 g/mol. The van der Waals surface area contributed by atoms with Gasteiger partial charge in [-0.25, -0.2) is 0 Å². The minimum absolute atomic E-state index is 0.138. The van der Waals surface area contributed by atoms with E-state index in [1.165, 1.54) is 0 Å². The SMILES string of the molecule is CCN(CC)c1noc(CC(=O)O)n1. The lowest BCUT2D eigenvalue weighted by atomic mass is 10.4. The van der Waals surface area contributed by atoms with Gasteiger partial charge in [-0.05, 0) is 19.0 Å². The van der Waals surface area contributed by atoms with Gasteiger partial charge in [-0.15, -0.1) is 0 Å². The number of hydrogen-bond acceptors (Lipinski definition) is 5. The number of anilines is 1. The van der Waals surface area contributed by atoms with Gasteiger partial charge in [0.2, 0.25) is 5.89 Å². The first-order chi connectivity index (χ1) is 6.67. The third-order valence-corrected chi connectivity index (χ3v) is 1.81. The van der Waals surface area contributed by atoms with Crippen LogP contribution in [0.15, 0.2) is 4.52 Å². The zero-order valence-electron chi connectivity index (χ0n) is 8.23. The van der Waals surface area contributed by atoms with Crippen molar-refractivity contribution in [3.05, 3.63) is 5.89 Å². The molecule has 0 saturated heterocycles. The molecule has 0 radical (unpaired) electrons. The van der Waals surface area contributed by atoms with Crippen LogP contribution in [0.1, 0.15) is 19.7 Å². The molecule has 0 unspecified atom stereocenters. The Balaban J connectivity index is 2.71. The van der Waals surface area contributed by atoms with Crippen LogP contribution >= 0.6 is 0 Å². The number of carboxylic acid groups (broad SMARTS) is 1. The monoisotopic (exact) mass is 199 g/mol. The fourth-order valence-electron chi connectivity index (χ4n) is 1.08. The third kappa shape index (κ3) is 2.45. The van der Waals surface area contributed by atoms with Gasteiger partial charge in [-0.2, -0.15) is 4.98 Å². The Morgan fingerprint density at radius 3 is 2.64 bits per heavy atom. The Hall–Kier alpha value is -1.59. The van der Waals surface area contributed by atoms with Gasteiger partial charge in [-0.3, -0.25) is 4.79 Å². The van der Waals surface area contributed by atoms with Crippen LogP contribution in [0.5, 0.6) is 0 Å².